The highest BCUT2D eigenvalue weighted by Gasteiger charge is 2.30. The summed E-state index contributed by atoms with van der Waals surface area (Å²) in [6.07, 6.45) is 0.114. The lowest BCUT2D eigenvalue weighted by Gasteiger charge is -2.30. The van der Waals surface area contributed by atoms with Gasteiger partial charge in [0, 0.05) is 19.6 Å². The molecule has 122 valence electrons. The van der Waals surface area contributed by atoms with Gasteiger partial charge >= 0.3 is 6.09 Å². The molecule has 8 heteroatoms. The van der Waals surface area contributed by atoms with E-state index < -0.39 is 21.9 Å². The molecule has 1 aliphatic heterocycles. The zero-order valence-electron chi connectivity index (χ0n) is 12.3. The van der Waals surface area contributed by atoms with Gasteiger partial charge in [-0.3, -0.25) is 0 Å². The summed E-state index contributed by atoms with van der Waals surface area (Å²) in [5.74, 6) is -0.479. The predicted octanol–water partition coefficient (Wildman–Crippen LogP) is 1.72. The minimum absolute atomic E-state index is 0.0667. The Bertz CT molecular complexity index is 610. The monoisotopic (exact) mass is 330 g/mol. The van der Waals surface area contributed by atoms with Crippen LogP contribution in [0.15, 0.2) is 29.2 Å². The van der Waals surface area contributed by atoms with E-state index in [9.17, 15) is 17.6 Å². The van der Waals surface area contributed by atoms with E-state index in [1.54, 1.807) is 6.92 Å². The molecule has 2 rings (SSSR count). The Morgan fingerprint density at radius 3 is 2.45 bits per heavy atom. The maximum atomic E-state index is 12.9. The number of amides is 1. The highest BCUT2D eigenvalue weighted by Crippen LogP contribution is 2.22. The van der Waals surface area contributed by atoms with Gasteiger partial charge < -0.3 is 10.1 Å². The Morgan fingerprint density at radius 1 is 1.32 bits per heavy atom. The molecule has 1 fully saturated rings. The predicted molar refractivity (Wildman–Crippen MR) is 78.3 cm³/mol. The second kappa shape index (κ2) is 7.06. The van der Waals surface area contributed by atoms with Gasteiger partial charge in [-0.25, -0.2) is 17.6 Å². The molecule has 0 bridgehead atoms. The fourth-order valence-corrected chi connectivity index (χ4v) is 3.75. The highest BCUT2D eigenvalue weighted by molar-refractivity contribution is 7.89. The number of halogens is 1. The van der Waals surface area contributed by atoms with Crippen molar-refractivity contribution < 1.29 is 22.3 Å². The minimum atomic E-state index is -3.63. The van der Waals surface area contributed by atoms with Gasteiger partial charge in [0.15, 0.2) is 0 Å². The van der Waals surface area contributed by atoms with Crippen molar-refractivity contribution in [1.29, 1.82) is 0 Å². The number of hydrogen-bond acceptors (Lipinski definition) is 4. The number of alkyl carbamates (subject to hydrolysis) is 1. The molecule has 6 nitrogen and oxygen atoms in total. The van der Waals surface area contributed by atoms with Crippen molar-refractivity contribution in [3.8, 4) is 0 Å². The molecule has 1 saturated heterocycles. The van der Waals surface area contributed by atoms with Gasteiger partial charge in [0.05, 0.1) is 4.90 Å². The number of rotatable bonds is 4. The number of sulfonamides is 1. The number of piperidine rings is 1. The fraction of sp³-hybridized carbons (Fsp3) is 0.500. The van der Waals surface area contributed by atoms with E-state index in [4.69, 9.17) is 4.74 Å². The first-order valence-corrected chi connectivity index (χ1v) is 8.57. The summed E-state index contributed by atoms with van der Waals surface area (Å²) >= 11 is 0. The first-order chi connectivity index (χ1) is 10.4. The third-order valence-electron chi connectivity index (χ3n) is 3.45. The molecule has 0 atom stereocenters. The number of nitrogens with zero attached hydrogens (tertiary/aromatic N) is 1. The average molecular weight is 330 g/mol. The van der Waals surface area contributed by atoms with Crippen LogP contribution in [0.1, 0.15) is 19.8 Å². The van der Waals surface area contributed by atoms with Gasteiger partial charge in [-0.2, -0.15) is 4.31 Å². The lowest BCUT2D eigenvalue weighted by atomic mass is 10.1. The zero-order chi connectivity index (χ0) is 16.2. The molecule has 0 saturated carbocycles. The lowest BCUT2D eigenvalue weighted by Crippen LogP contribution is -2.42. The van der Waals surface area contributed by atoms with Crippen molar-refractivity contribution in [2.45, 2.75) is 30.8 Å². The lowest BCUT2D eigenvalue weighted by molar-refractivity contribution is 0.0676. The van der Waals surface area contributed by atoms with Gasteiger partial charge in [0.1, 0.15) is 11.9 Å². The fourth-order valence-electron chi connectivity index (χ4n) is 2.28. The van der Waals surface area contributed by atoms with Crippen molar-refractivity contribution in [3.63, 3.8) is 0 Å². The largest absolute Gasteiger partial charge is 0.446 e. The van der Waals surface area contributed by atoms with Crippen molar-refractivity contribution in [2.75, 3.05) is 19.6 Å². The molecule has 1 aromatic carbocycles. The maximum Gasteiger partial charge on any atom is 0.407 e. The highest BCUT2D eigenvalue weighted by atomic mass is 32.2. The van der Waals surface area contributed by atoms with Crippen LogP contribution in [0.5, 0.6) is 0 Å². The maximum absolute atomic E-state index is 12.9. The Morgan fingerprint density at radius 2 is 1.91 bits per heavy atom. The van der Waals surface area contributed by atoms with Crippen LogP contribution in [0.4, 0.5) is 9.18 Å². The van der Waals surface area contributed by atoms with Crippen molar-refractivity contribution in [1.82, 2.24) is 9.62 Å². The van der Waals surface area contributed by atoms with Crippen LogP contribution in [0, 0.1) is 5.82 Å². The van der Waals surface area contributed by atoms with Crippen LogP contribution in [-0.2, 0) is 14.8 Å². The molecule has 1 aromatic rings. The van der Waals surface area contributed by atoms with Crippen LogP contribution < -0.4 is 5.32 Å². The summed E-state index contributed by atoms with van der Waals surface area (Å²) in [6.45, 7) is 2.81. The SMILES string of the molecule is CCNC(=O)OC1CCN(S(=O)(=O)c2ccc(F)cc2)CC1. The second-order valence-corrected chi connectivity index (χ2v) is 6.93. The van der Waals surface area contributed by atoms with E-state index in [1.807, 2.05) is 0 Å². The van der Waals surface area contributed by atoms with E-state index in [0.29, 0.717) is 19.4 Å². The number of carbonyl (C=O) groups excluding carboxylic acids is 1. The number of carbonyl (C=O) groups is 1. The Balaban J connectivity index is 1.96. The molecule has 0 aliphatic carbocycles. The second-order valence-electron chi connectivity index (χ2n) is 4.99. The van der Waals surface area contributed by atoms with E-state index in [2.05, 4.69) is 5.32 Å². The molecular formula is C14H19FN2O4S. The molecule has 1 heterocycles. The Hall–Kier alpha value is -1.67. The molecule has 0 radical (unpaired) electrons. The van der Waals surface area contributed by atoms with Gasteiger partial charge in [0.2, 0.25) is 10.0 Å². The van der Waals surface area contributed by atoms with Gasteiger partial charge in [-0.05, 0) is 44.0 Å². The summed E-state index contributed by atoms with van der Waals surface area (Å²) in [5.41, 5.74) is 0. The summed E-state index contributed by atoms with van der Waals surface area (Å²) in [5, 5.41) is 2.54. The minimum Gasteiger partial charge on any atom is -0.446 e. The topological polar surface area (TPSA) is 75.7 Å². The van der Waals surface area contributed by atoms with Gasteiger partial charge in [0.25, 0.3) is 0 Å². The van der Waals surface area contributed by atoms with E-state index >= 15 is 0 Å². The average Bonchev–Trinajstić information content (AvgIpc) is 2.48. The van der Waals surface area contributed by atoms with Crippen LogP contribution in [0.25, 0.3) is 0 Å². The molecule has 22 heavy (non-hydrogen) atoms. The van der Waals surface area contributed by atoms with E-state index in [-0.39, 0.29) is 24.1 Å². The van der Waals surface area contributed by atoms with Crippen molar-refractivity contribution in [2.24, 2.45) is 0 Å². The molecule has 0 unspecified atom stereocenters. The van der Waals surface area contributed by atoms with Crippen molar-refractivity contribution in [3.05, 3.63) is 30.1 Å². The Kier molecular flexibility index (Phi) is 5.36. The first kappa shape index (κ1) is 16.7. The molecule has 0 spiro atoms. The van der Waals surface area contributed by atoms with E-state index in [1.165, 1.54) is 16.4 Å². The molecule has 1 amide bonds. The molecule has 0 aromatic heterocycles. The number of hydrogen-bond donors (Lipinski definition) is 1. The quantitative estimate of drug-likeness (QED) is 0.912. The standard InChI is InChI=1S/C14H19FN2O4S/c1-2-16-14(18)21-12-7-9-17(10-8-12)22(19,20)13-5-3-11(15)4-6-13/h3-6,12H,2,7-10H2,1H3,(H,16,18). The number of benzene rings is 1. The molecular weight excluding hydrogens is 311 g/mol. The third-order valence-corrected chi connectivity index (χ3v) is 5.36. The molecule has 1 N–H and O–H groups in total. The Labute approximate surface area is 129 Å². The van der Waals surface area contributed by atoms with Crippen LogP contribution >= 0.6 is 0 Å². The normalized spacial score (nSPS) is 17.2. The summed E-state index contributed by atoms with van der Waals surface area (Å²) in [6, 6.07) is 4.75. The first-order valence-electron chi connectivity index (χ1n) is 7.13. The zero-order valence-corrected chi connectivity index (χ0v) is 13.1. The molecule has 1 aliphatic rings. The third kappa shape index (κ3) is 3.95. The van der Waals surface area contributed by atoms with Gasteiger partial charge in [-0.15, -0.1) is 0 Å². The van der Waals surface area contributed by atoms with Crippen molar-refractivity contribution >= 4 is 16.1 Å². The van der Waals surface area contributed by atoms with E-state index in [0.717, 1.165) is 12.1 Å². The summed E-state index contributed by atoms with van der Waals surface area (Å²) < 4.78 is 44.2. The summed E-state index contributed by atoms with van der Waals surface area (Å²) in [7, 11) is -3.63. The van der Waals surface area contributed by atoms with Crippen LogP contribution in [-0.4, -0.2) is 44.6 Å². The number of ether oxygens (including phenoxy) is 1. The van der Waals surface area contributed by atoms with Crippen LogP contribution in [0.3, 0.4) is 0 Å². The number of nitrogens with one attached hydrogen (secondary N) is 1. The van der Waals surface area contributed by atoms with Crippen LogP contribution in [0.2, 0.25) is 0 Å². The summed E-state index contributed by atoms with van der Waals surface area (Å²) in [4.78, 5) is 11.4. The smallest absolute Gasteiger partial charge is 0.407 e. The van der Waals surface area contributed by atoms with Gasteiger partial charge in [-0.1, -0.05) is 0 Å².